The predicted molar refractivity (Wildman–Crippen MR) is 199 cm³/mol. The molecule has 0 N–H and O–H groups in total. The fraction of sp³-hybridized carbons (Fsp3) is 0.783. The molecule has 7 rings (SSSR count). The standard InChI is InChI=1S/C46H68O3/c1-29(2)33-19-23-46(38(47)27-32-26-35(42(32,6)7)40(48)49-28-31-14-12-11-13-15-31)25-24-44(9)34(39(33)46)16-17-37-43(8)21-18-30(3)41(4,5)36(43)20-22-45(37,44)10/h11-15,30,32-37,39H,1,16-28H2,2-10H3/t30-,32-,33-,34+,35+,36-,37+,39+,43-,44+,45+,46+/m0/s1. The van der Waals surface area contributed by atoms with Crippen molar-refractivity contribution in [3.63, 3.8) is 0 Å². The van der Waals surface area contributed by atoms with Gasteiger partial charge in [0.1, 0.15) is 12.4 Å². The molecule has 0 spiro atoms. The number of hydrogen-bond donors (Lipinski definition) is 0. The van der Waals surface area contributed by atoms with Gasteiger partial charge in [0.25, 0.3) is 0 Å². The van der Waals surface area contributed by atoms with E-state index < -0.39 is 0 Å². The molecular formula is C46H68O3. The lowest BCUT2D eigenvalue weighted by Gasteiger charge is -2.73. The second kappa shape index (κ2) is 11.8. The Labute approximate surface area is 299 Å². The zero-order chi connectivity index (χ0) is 35.4. The molecule has 3 heteroatoms. The van der Waals surface area contributed by atoms with Crippen molar-refractivity contribution >= 4 is 11.8 Å². The van der Waals surface area contributed by atoms with Crippen molar-refractivity contribution in [1.82, 2.24) is 0 Å². The van der Waals surface area contributed by atoms with Crippen LogP contribution in [0.25, 0.3) is 0 Å². The molecule has 6 fully saturated rings. The molecule has 0 unspecified atom stereocenters. The van der Waals surface area contributed by atoms with E-state index in [1.807, 2.05) is 30.3 Å². The molecule has 270 valence electrons. The van der Waals surface area contributed by atoms with E-state index in [9.17, 15) is 9.59 Å². The van der Waals surface area contributed by atoms with Gasteiger partial charge in [0, 0.05) is 11.8 Å². The van der Waals surface area contributed by atoms with E-state index in [-0.39, 0.29) is 34.1 Å². The first kappa shape index (κ1) is 35.5. The number of ether oxygens (including phenoxy) is 1. The Balaban J connectivity index is 1.11. The summed E-state index contributed by atoms with van der Waals surface area (Å²) in [5.41, 5.74) is 3.27. The fourth-order valence-electron chi connectivity index (χ4n) is 14.8. The third kappa shape index (κ3) is 4.99. The van der Waals surface area contributed by atoms with Gasteiger partial charge in [-0.2, -0.15) is 0 Å². The number of hydrogen-bond acceptors (Lipinski definition) is 3. The Morgan fingerprint density at radius 1 is 0.796 bits per heavy atom. The van der Waals surface area contributed by atoms with Gasteiger partial charge in [-0.05, 0) is 152 Å². The van der Waals surface area contributed by atoms with E-state index in [0.717, 1.165) is 49.0 Å². The van der Waals surface area contributed by atoms with Crippen LogP contribution in [0.1, 0.15) is 145 Å². The lowest BCUT2D eigenvalue weighted by atomic mass is 9.31. The summed E-state index contributed by atoms with van der Waals surface area (Å²) in [6.07, 6.45) is 13.9. The topological polar surface area (TPSA) is 43.4 Å². The van der Waals surface area contributed by atoms with Crippen molar-refractivity contribution in [3.05, 3.63) is 48.0 Å². The zero-order valence-electron chi connectivity index (χ0n) is 32.6. The van der Waals surface area contributed by atoms with Crippen LogP contribution in [0.4, 0.5) is 0 Å². The SMILES string of the molecule is C=C(C)[C@@H]1CC[C@]2(C(=O)C[C@@H]3C[C@H](C(=O)OCc4ccccc4)C3(C)C)CC[C@]3(C)[C@H](CC[C@@H]4[C@@]5(C)CC[C@H](C)C(C)(C)[C@@H]5CC[C@]43C)[C@@H]12. The number of Topliss-reactive ketones (excluding diaryl/α,β-unsaturated/α-hetero) is 1. The Morgan fingerprint density at radius 3 is 2.18 bits per heavy atom. The number of allylic oxidation sites excluding steroid dienone is 1. The van der Waals surface area contributed by atoms with Crippen LogP contribution in [0.3, 0.4) is 0 Å². The first-order valence-corrected chi connectivity index (χ1v) is 20.3. The van der Waals surface area contributed by atoms with Crippen LogP contribution in [0, 0.1) is 79.8 Å². The number of ketones is 1. The summed E-state index contributed by atoms with van der Waals surface area (Å²) in [6.45, 7) is 27.4. The Kier molecular flexibility index (Phi) is 8.56. The highest BCUT2D eigenvalue weighted by molar-refractivity contribution is 5.87. The second-order valence-electron chi connectivity index (χ2n) is 20.6. The van der Waals surface area contributed by atoms with Gasteiger partial charge in [0.2, 0.25) is 0 Å². The number of esters is 1. The van der Waals surface area contributed by atoms with E-state index >= 15 is 0 Å². The molecular weight excluding hydrogens is 601 g/mol. The molecule has 0 aliphatic heterocycles. The summed E-state index contributed by atoms with van der Waals surface area (Å²) in [5.74, 6) is 4.35. The van der Waals surface area contributed by atoms with Crippen LogP contribution in [0.15, 0.2) is 42.5 Å². The minimum absolute atomic E-state index is 0.102. The first-order valence-electron chi connectivity index (χ1n) is 20.3. The minimum Gasteiger partial charge on any atom is -0.461 e. The van der Waals surface area contributed by atoms with Crippen molar-refractivity contribution < 1.29 is 14.3 Å². The molecule has 49 heavy (non-hydrogen) atoms. The molecule has 0 bridgehead atoms. The maximum absolute atomic E-state index is 15.0. The summed E-state index contributed by atoms with van der Waals surface area (Å²) in [6, 6.07) is 9.94. The van der Waals surface area contributed by atoms with Gasteiger partial charge in [-0.1, -0.05) is 97.9 Å². The van der Waals surface area contributed by atoms with Gasteiger partial charge in [-0.15, -0.1) is 0 Å². The van der Waals surface area contributed by atoms with Crippen LogP contribution >= 0.6 is 0 Å². The molecule has 1 aromatic rings. The van der Waals surface area contributed by atoms with Gasteiger partial charge in [-0.3, -0.25) is 9.59 Å². The summed E-state index contributed by atoms with van der Waals surface area (Å²) in [4.78, 5) is 28.2. The normalized spacial score (nSPS) is 46.2. The van der Waals surface area contributed by atoms with E-state index in [1.165, 1.54) is 50.5 Å². The maximum atomic E-state index is 15.0. The highest BCUT2D eigenvalue weighted by Gasteiger charge is 2.71. The summed E-state index contributed by atoms with van der Waals surface area (Å²) < 4.78 is 5.79. The van der Waals surface area contributed by atoms with Crippen LogP contribution in [-0.2, 0) is 20.9 Å². The quantitative estimate of drug-likeness (QED) is 0.214. The smallest absolute Gasteiger partial charge is 0.309 e. The van der Waals surface area contributed by atoms with Gasteiger partial charge < -0.3 is 4.74 Å². The molecule has 1 aromatic carbocycles. The highest BCUT2D eigenvalue weighted by Crippen LogP contribution is 2.78. The number of carbonyl (C=O) groups is 2. The van der Waals surface area contributed by atoms with Gasteiger partial charge in [-0.25, -0.2) is 0 Å². The first-order chi connectivity index (χ1) is 22.9. The molecule has 0 amide bonds. The van der Waals surface area contributed by atoms with Crippen LogP contribution in [0.5, 0.6) is 0 Å². The average molecular weight is 669 g/mol. The molecule has 3 nitrogen and oxygen atoms in total. The molecule has 0 saturated heterocycles. The largest absolute Gasteiger partial charge is 0.461 e. The third-order valence-electron chi connectivity index (χ3n) is 18.6. The van der Waals surface area contributed by atoms with Crippen molar-refractivity contribution in [2.24, 2.45) is 79.8 Å². The van der Waals surface area contributed by atoms with Crippen molar-refractivity contribution in [2.45, 2.75) is 146 Å². The fourth-order valence-corrected chi connectivity index (χ4v) is 14.8. The minimum atomic E-state index is -0.227. The van der Waals surface area contributed by atoms with E-state index in [0.29, 0.717) is 52.8 Å². The Hall–Kier alpha value is -1.90. The van der Waals surface area contributed by atoms with E-state index in [4.69, 9.17) is 4.74 Å². The monoisotopic (exact) mass is 669 g/mol. The van der Waals surface area contributed by atoms with Gasteiger partial charge in [0.15, 0.2) is 0 Å². The maximum Gasteiger partial charge on any atom is 0.309 e. The predicted octanol–water partition coefficient (Wildman–Crippen LogP) is 11.6. The molecule has 6 saturated carbocycles. The van der Waals surface area contributed by atoms with Crippen LogP contribution < -0.4 is 0 Å². The Bertz CT molecular complexity index is 1470. The molecule has 12 atom stereocenters. The lowest BCUT2D eigenvalue weighted by molar-refractivity contribution is -0.240. The van der Waals surface area contributed by atoms with Gasteiger partial charge in [0.05, 0.1) is 5.92 Å². The summed E-state index contributed by atoms with van der Waals surface area (Å²) in [7, 11) is 0. The van der Waals surface area contributed by atoms with E-state index in [1.54, 1.807) is 0 Å². The summed E-state index contributed by atoms with van der Waals surface area (Å²) in [5, 5.41) is 0. The Morgan fingerprint density at radius 2 is 1.51 bits per heavy atom. The highest BCUT2D eigenvalue weighted by atomic mass is 16.5. The molecule has 0 heterocycles. The molecule has 0 aromatic heterocycles. The average Bonchev–Trinajstić information content (AvgIpc) is 3.46. The second-order valence-corrected chi connectivity index (χ2v) is 20.6. The van der Waals surface area contributed by atoms with E-state index in [2.05, 4.69) is 68.9 Å². The summed E-state index contributed by atoms with van der Waals surface area (Å²) >= 11 is 0. The zero-order valence-corrected chi connectivity index (χ0v) is 32.6. The number of fused-ring (bicyclic) bond motifs is 7. The van der Waals surface area contributed by atoms with Crippen molar-refractivity contribution in [1.29, 1.82) is 0 Å². The van der Waals surface area contributed by atoms with Gasteiger partial charge >= 0.3 is 5.97 Å². The van der Waals surface area contributed by atoms with Crippen molar-refractivity contribution in [3.8, 4) is 0 Å². The van der Waals surface area contributed by atoms with Crippen LogP contribution in [-0.4, -0.2) is 11.8 Å². The number of carbonyl (C=O) groups excluding carboxylic acids is 2. The van der Waals surface area contributed by atoms with Crippen LogP contribution in [0.2, 0.25) is 0 Å². The van der Waals surface area contributed by atoms with Crippen molar-refractivity contribution in [2.75, 3.05) is 0 Å². The molecule has 6 aliphatic rings. The molecule has 6 aliphatic carbocycles. The third-order valence-corrected chi connectivity index (χ3v) is 18.6. The lowest BCUT2D eigenvalue weighted by Crippen LogP contribution is -2.66. The molecule has 0 radical (unpaired) electrons. The number of benzene rings is 1. The number of rotatable bonds is 7.